The van der Waals surface area contributed by atoms with Crippen LogP contribution in [0.2, 0.25) is 0 Å². The van der Waals surface area contributed by atoms with Crippen molar-refractivity contribution in [2.75, 3.05) is 13.2 Å². The fourth-order valence-electron chi connectivity index (χ4n) is 2.67. The third-order valence-electron chi connectivity index (χ3n) is 3.86. The lowest BCUT2D eigenvalue weighted by Crippen LogP contribution is -2.33. The topological polar surface area (TPSA) is 73.2 Å². The van der Waals surface area contributed by atoms with Gasteiger partial charge in [-0.1, -0.05) is 12.1 Å². The van der Waals surface area contributed by atoms with Crippen LogP contribution >= 0.6 is 0 Å². The van der Waals surface area contributed by atoms with E-state index in [1.54, 1.807) is 18.2 Å². The number of ether oxygens (including phenoxy) is 1. The molecule has 1 aromatic heterocycles. The van der Waals surface area contributed by atoms with E-state index in [1.165, 1.54) is 10.9 Å². The predicted octanol–water partition coefficient (Wildman–Crippen LogP) is 1.08. The summed E-state index contributed by atoms with van der Waals surface area (Å²) in [4.78, 5) is 28.4. The highest BCUT2D eigenvalue weighted by atomic mass is 16.5. The number of para-hydroxylation sites is 1. The molecular formula is C16H19N3O3. The molecule has 0 bridgehead atoms. The van der Waals surface area contributed by atoms with Gasteiger partial charge in [0.2, 0.25) is 5.91 Å². The van der Waals surface area contributed by atoms with Gasteiger partial charge in [0.1, 0.15) is 6.54 Å². The number of carbonyl (C=O) groups is 1. The lowest BCUT2D eigenvalue weighted by atomic mass is 10.2. The molecule has 2 heterocycles. The number of nitrogens with zero attached hydrogens (tertiary/aromatic N) is 2. The number of rotatable bonds is 5. The molecular weight excluding hydrogens is 282 g/mol. The maximum atomic E-state index is 12.3. The molecule has 1 unspecified atom stereocenters. The van der Waals surface area contributed by atoms with Crippen LogP contribution < -0.4 is 10.9 Å². The molecule has 1 amide bonds. The van der Waals surface area contributed by atoms with Crippen molar-refractivity contribution in [2.45, 2.75) is 31.9 Å². The summed E-state index contributed by atoms with van der Waals surface area (Å²) in [5, 5.41) is 3.35. The number of nitrogens with one attached hydrogen (secondary N) is 1. The summed E-state index contributed by atoms with van der Waals surface area (Å²) < 4.78 is 6.84. The van der Waals surface area contributed by atoms with Gasteiger partial charge in [0, 0.05) is 13.2 Å². The molecule has 1 aliphatic rings. The first kappa shape index (κ1) is 14.7. The molecule has 0 radical (unpaired) electrons. The zero-order chi connectivity index (χ0) is 15.4. The quantitative estimate of drug-likeness (QED) is 0.897. The van der Waals surface area contributed by atoms with E-state index >= 15 is 0 Å². The normalized spacial score (nSPS) is 17.7. The van der Waals surface area contributed by atoms with Crippen LogP contribution in [0.3, 0.4) is 0 Å². The largest absolute Gasteiger partial charge is 0.378 e. The van der Waals surface area contributed by atoms with Crippen LogP contribution in [-0.2, 0) is 16.1 Å². The maximum absolute atomic E-state index is 12.3. The molecule has 0 aliphatic carbocycles. The minimum atomic E-state index is -0.195. The second-order valence-electron chi connectivity index (χ2n) is 5.47. The van der Waals surface area contributed by atoms with Gasteiger partial charge in [-0.3, -0.25) is 14.2 Å². The van der Waals surface area contributed by atoms with E-state index in [0.717, 1.165) is 25.9 Å². The third-order valence-corrected chi connectivity index (χ3v) is 3.86. The monoisotopic (exact) mass is 301 g/mol. The minimum Gasteiger partial charge on any atom is -0.378 e. The zero-order valence-electron chi connectivity index (χ0n) is 12.3. The van der Waals surface area contributed by atoms with Crippen LogP contribution in [0.15, 0.2) is 35.4 Å². The summed E-state index contributed by atoms with van der Waals surface area (Å²) in [6.45, 7) is 1.37. The molecule has 1 fully saturated rings. The van der Waals surface area contributed by atoms with Crippen LogP contribution in [0.25, 0.3) is 10.9 Å². The first-order valence-electron chi connectivity index (χ1n) is 7.56. The van der Waals surface area contributed by atoms with Gasteiger partial charge in [0.15, 0.2) is 0 Å². The average Bonchev–Trinajstić information content (AvgIpc) is 3.04. The van der Waals surface area contributed by atoms with Crippen LogP contribution in [-0.4, -0.2) is 34.7 Å². The first-order valence-corrected chi connectivity index (χ1v) is 7.56. The van der Waals surface area contributed by atoms with Gasteiger partial charge in [-0.25, -0.2) is 4.98 Å². The molecule has 6 nitrogen and oxygen atoms in total. The van der Waals surface area contributed by atoms with Gasteiger partial charge in [-0.2, -0.15) is 0 Å². The summed E-state index contributed by atoms with van der Waals surface area (Å²) in [5.41, 5.74) is 0.447. The van der Waals surface area contributed by atoms with Crippen LogP contribution in [0.1, 0.15) is 19.3 Å². The molecule has 22 heavy (non-hydrogen) atoms. The van der Waals surface area contributed by atoms with Crippen molar-refractivity contribution in [1.82, 2.24) is 14.9 Å². The summed E-state index contributed by atoms with van der Waals surface area (Å²) >= 11 is 0. The molecule has 116 valence electrons. The van der Waals surface area contributed by atoms with Gasteiger partial charge in [0.25, 0.3) is 5.56 Å². The Morgan fingerprint density at radius 3 is 3.09 bits per heavy atom. The molecule has 1 atom stereocenters. The Labute approximate surface area is 128 Å². The summed E-state index contributed by atoms with van der Waals surface area (Å²) in [5.74, 6) is -0.183. The lowest BCUT2D eigenvalue weighted by Gasteiger charge is -2.11. The van der Waals surface area contributed by atoms with Crippen molar-refractivity contribution in [1.29, 1.82) is 0 Å². The number of aromatic nitrogens is 2. The van der Waals surface area contributed by atoms with Gasteiger partial charge in [0.05, 0.1) is 23.3 Å². The minimum absolute atomic E-state index is 0.0117. The Balaban J connectivity index is 1.59. The Bertz CT molecular complexity index is 720. The molecule has 0 saturated carbocycles. The number of fused-ring (bicyclic) bond motifs is 1. The lowest BCUT2D eigenvalue weighted by molar-refractivity contribution is -0.121. The third kappa shape index (κ3) is 3.33. The Morgan fingerprint density at radius 2 is 2.27 bits per heavy atom. The maximum Gasteiger partial charge on any atom is 0.261 e. The fraction of sp³-hybridized carbons (Fsp3) is 0.438. The van der Waals surface area contributed by atoms with Crippen molar-refractivity contribution < 1.29 is 9.53 Å². The number of benzene rings is 1. The molecule has 1 aliphatic heterocycles. The number of amides is 1. The molecule has 1 aromatic carbocycles. The van der Waals surface area contributed by atoms with Crippen LogP contribution in [0.4, 0.5) is 0 Å². The Kier molecular flexibility index (Phi) is 4.48. The summed E-state index contributed by atoms with van der Waals surface area (Å²) in [6, 6.07) is 7.12. The molecule has 3 rings (SSSR count). The van der Waals surface area contributed by atoms with E-state index in [9.17, 15) is 9.59 Å². The van der Waals surface area contributed by atoms with E-state index in [2.05, 4.69) is 10.3 Å². The molecule has 1 saturated heterocycles. The number of hydrogen-bond acceptors (Lipinski definition) is 4. The van der Waals surface area contributed by atoms with Crippen molar-refractivity contribution >= 4 is 16.8 Å². The standard InChI is InChI=1S/C16H19N3O3/c20-15(17-8-7-12-4-3-9-22-12)10-19-11-18-14-6-2-1-5-13(14)16(19)21/h1-2,5-6,11-12H,3-4,7-10H2,(H,17,20). The number of carbonyl (C=O) groups excluding carboxylic acids is 1. The van der Waals surface area contributed by atoms with Crippen LogP contribution in [0, 0.1) is 0 Å². The average molecular weight is 301 g/mol. The van der Waals surface area contributed by atoms with Crippen molar-refractivity contribution in [3.8, 4) is 0 Å². The van der Waals surface area contributed by atoms with E-state index in [1.807, 2.05) is 6.07 Å². The SMILES string of the molecule is O=C(Cn1cnc2ccccc2c1=O)NCCC1CCCO1. The smallest absolute Gasteiger partial charge is 0.261 e. The second-order valence-corrected chi connectivity index (χ2v) is 5.47. The highest BCUT2D eigenvalue weighted by molar-refractivity contribution is 5.78. The van der Waals surface area contributed by atoms with Gasteiger partial charge < -0.3 is 10.1 Å². The zero-order valence-corrected chi connectivity index (χ0v) is 12.3. The predicted molar refractivity (Wildman–Crippen MR) is 82.6 cm³/mol. The first-order chi connectivity index (χ1) is 10.7. The Morgan fingerprint density at radius 1 is 1.41 bits per heavy atom. The molecule has 0 spiro atoms. The van der Waals surface area contributed by atoms with E-state index in [-0.39, 0.29) is 24.1 Å². The second kappa shape index (κ2) is 6.70. The fourth-order valence-corrected chi connectivity index (χ4v) is 2.67. The van der Waals surface area contributed by atoms with E-state index in [4.69, 9.17) is 4.74 Å². The van der Waals surface area contributed by atoms with Gasteiger partial charge in [-0.15, -0.1) is 0 Å². The highest BCUT2D eigenvalue weighted by Gasteiger charge is 2.15. The van der Waals surface area contributed by atoms with E-state index < -0.39 is 0 Å². The molecule has 6 heteroatoms. The molecule has 1 N–H and O–H groups in total. The van der Waals surface area contributed by atoms with Crippen molar-refractivity contribution in [3.63, 3.8) is 0 Å². The Hall–Kier alpha value is -2.21. The van der Waals surface area contributed by atoms with Crippen LogP contribution in [0.5, 0.6) is 0 Å². The van der Waals surface area contributed by atoms with Crippen molar-refractivity contribution in [2.24, 2.45) is 0 Å². The summed E-state index contributed by atoms with van der Waals surface area (Å²) in [7, 11) is 0. The van der Waals surface area contributed by atoms with E-state index in [0.29, 0.717) is 17.4 Å². The highest BCUT2D eigenvalue weighted by Crippen LogP contribution is 2.14. The number of hydrogen-bond donors (Lipinski definition) is 1. The summed E-state index contributed by atoms with van der Waals surface area (Å²) in [6.07, 6.45) is 4.65. The van der Waals surface area contributed by atoms with Gasteiger partial charge in [-0.05, 0) is 31.4 Å². The van der Waals surface area contributed by atoms with Crippen molar-refractivity contribution in [3.05, 3.63) is 40.9 Å². The van der Waals surface area contributed by atoms with Gasteiger partial charge >= 0.3 is 0 Å². The molecule has 2 aromatic rings.